The van der Waals surface area contributed by atoms with Gasteiger partial charge in [-0.15, -0.1) is 0 Å². The third kappa shape index (κ3) is 7.62. The molecule has 0 aromatic heterocycles. The van der Waals surface area contributed by atoms with Crippen LogP contribution in [0.5, 0.6) is 0 Å². The molecule has 0 aromatic rings. The molecule has 0 saturated heterocycles. The van der Waals surface area contributed by atoms with Crippen molar-refractivity contribution in [3.05, 3.63) is 0 Å². The number of hydrogen-bond acceptors (Lipinski definition) is 4. The van der Waals surface area contributed by atoms with E-state index in [1.54, 1.807) is 7.11 Å². The van der Waals surface area contributed by atoms with E-state index in [0.717, 1.165) is 6.42 Å². The summed E-state index contributed by atoms with van der Waals surface area (Å²) in [5, 5.41) is 5.84. The van der Waals surface area contributed by atoms with Crippen molar-refractivity contribution in [2.24, 2.45) is 22.0 Å². The van der Waals surface area contributed by atoms with Gasteiger partial charge in [0.25, 0.3) is 0 Å². The van der Waals surface area contributed by atoms with E-state index in [1.807, 2.05) is 41.5 Å². The average Bonchev–Trinajstić information content (AvgIpc) is 2.42. The molecule has 6 heteroatoms. The zero-order valence-corrected chi connectivity index (χ0v) is 18.5. The van der Waals surface area contributed by atoms with Crippen molar-refractivity contribution in [3.8, 4) is 0 Å². The number of rotatable bonds is 9. The summed E-state index contributed by atoms with van der Waals surface area (Å²) in [7, 11) is 1.57. The van der Waals surface area contributed by atoms with Gasteiger partial charge in [0.05, 0.1) is 11.5 Å². The van der Waals surface area contributed by atoms with E-state index in [9.17, 15) is 9.59 Å². The van der Waals surface area contributed by atoms with Gasteiger partial charge in [0.1, 0.15) is 0 Å². The summed E-state index contributed by atoms with van der Waals surface area (Å²) in [6.07, 6.45) is 0.477. The van der Waals surface area contributed by atoms with Gasteiger partial charge >= 0.3 is 0 Å². The lowest BCUT2D eigenvalue weighted by molar-refractivity contribution is -0.132. The molecular formula is C20H41N3O3. The monoisotopic (exact) mass is 371 g/mol. The van der Waals surface area contributed by atoms with Crippen molar-refractivity contribution in [2.45, 2.75) is 80.4 Å². The summed E-state index contributed by atoms with van der Waals surface area (Å²) in [5.41, 5.74) is 4.33. The first-order valence-corrected chi connectivity index (χ1v) is 9.32. The maximum atomic E-state index is 12.5. The van der Waals surface area contributed by atoms with Crippen LogP contribution in [0.25, 0.3) is 0 Å². The summed E-state index contributed by atoms with van der Waals surface area (Å²) < 4.78 is 5.40. The van der Waals surface area contributed by atoms with E-state index in [1.165, 1.54) is 0 Å². The van der Waals surface area contributed by atoms with Crippen LogP contribution in [0, 0.1) is 16.2 Å². The summed E-state index contributed by atoms with van der Waals surface area (Å²) >= 11 is 0. The molecule has 2 amide bonds. The third-order valence-electron chi connectivity index (χ3n) is 5.08. The molecule has 0 spiro atoms. The molecule has 0 aromatic carbocycles. The van der Waals surface area contributed by atoms with E-state index in [4.69, 9.17) is 10.5 Å². The van der Waals surface area contributed by atoms with Gasteiger partial charge in [0.2, 0.25) is 11.8 Å². The molecule has 0 heterocycles. The van der Waals surface area contributed by atoms with Gasteiger partial charge in [0.15, 0.2) is 0 Å². The van der Waals surface area contributed by atoms with Crippen molar-refractivity contribution in [1.82, 2.24) is 10.6 Å². The first-order chi connectivity index (χ1) is 11.4. The predicted octanol–water partition coefficient (Wildman–Crippen LogP) is 2.46. The third-order valence-corrected chi connectivity index (χ3v) is 5.08. The summed E-state index contributed by atoms with van der Waals surface area (Å²) in [6, 6.07) is 0. The highest BCUT2D eigenvalue weighted by Gasteiger charge is 2.40. The van der Waals surface area contributed by atoms with Gasteiger partial charge in [-0.2, -0.15) is 0 Å². The number of methoxy groups -OCH3 is 1. The molecule has 1 unspecified atom stereocenters. The quantitative estimate of drug-likeness (QED) is 0.580. The minimum absolute atomic E-state index is 0.00998. The van der Waals surface area contributed by atoms with Crippen LogP contribution in [0.15, 0.2) is 0 Å². The van der Waals surface area contributed by atoms with E-state index < -0.39 is 16.4 Å². The van der Waals surface area contributed by atoms with Crippen molar-refractivity contribution in [1.29, 1.82) is 0 Å². The highest BCUT2D eigenvalue weighted by atomic mass is 16.5. The van der Waals surface area contributed by atoms with Crippen LogP contribution in [0.2, 0.25) is 0 Å². The zero-order chi connectivity index (χ0) is 21.0. The lowest BCUT2D eigenvalue weighted by Gasteiger charge is -2.37. The molecule has 0 radical (unpaired) electrons. The largest absolute Gasteiger partial charge is 0.378 e. The Balaban J connectivity index is 4.66. The SMILES string of the molecule is COC(CNC(=O)C(C)(C)CC(C)(C)C)CNC(=O)C(C)(C)C(C)(C)N. The van der Waals surface area contributed by atoms with Gasteiger partial charge in [-0.3, -0.25) is 9.59 Å². The first kappa shape index (κ1) is 24.9. The Bertz CT molecular complexity index is 486. The van der Waals surface area contributed by atoms with E-state index in [-0.39, 0.29) is 23.3 Å². The summed E-state index contributed by atoms with van der Waals surface area (Å²) in [4.78, 5) is 25.0. The highest BCUT2D eigenvalue weighted by Crippen LogP contribution is 2.33. The number of carbonyl (C=O) groups excluding carboxylic acids is 2. The molecule has 1 atom stereocenters. The van der Waals surface area contributed by atoms with Crippen molar-refractivity contribution in [3.63, 3.8) is 0 Å². The van der Waals surface area contributed by atoms with Gasteiger partial charge in [-0.25, -0.2) is 0 Å². The molecule has 0 rings (SSSR count). The number of carbonyl (C=O) groups is 2. The van der Waals surface area contributed by atoms with Crippen LogP contribution in [-0.2, 0) is 14.3 Å². The number of nitrogens with one attached hydrogen (secondary N) is 2. The molecule has 26 heavy (non-hydrogen) atoms. The fourth-order valence-corrected chi connectivity index (χ4v) is 2.81. The molecule has 0 fully saturated rings. The van der Waals surface area contributed by atoms with E-state index in [0.29, 0.717) is 13.1 Å². The Kier molecular flexibility index (Phi) is 8.32. The Labute approximate surface area is 160 Å². The van der Waals surface area contributed by atoms with Crippen molar-refractivity contribution >= 4 is 11.8 Å². The summed E-state index contributed by atoms with van der Waals surface area (Å²) in [6.45, 7) is 18.2. The molecule has 0 aliphatic carbocycles. The second-order valence-corrected chi connectivity index (χ2v) is 10.2. The van der Waals surface area contributed by atoms with Crippen molar-refractivity contribution in [2.75, 3.05) is 20.2 Å². The average molecular weight is 372 g/mol. The van der Waals surface area contributed by atoms with Crippen molar-refractivity contribution < 1.29 is 14.3 Å². The topological polar surface area (TPSA) is 93.5 Å². The first-order valence-electron chi connectivity index (χ1n) is 9.32. The minimum atomic E-state index is -0.719. The molecule has 0 saturated carbocycles. The molecular weight excluding hydrogens is 330 g/mol. The molecule has 154 valence electrons. The number of amides is 2. The Hall–Kier alpha value is -1.14. The Morgan fingerprint density at radius 1 is 0.885 bits per heavy atom. The summed E-state index contributed by atoms with van der Waals surface area (Å²) in [5.74, 6) is -0.143. The maximum Gasteiger partial charge on any atom is 0.227 e. The van der Waals surface area contributed by atoms with Crippen LogP contribution >= 0.6 is 0 Å². The lowest BCUT2D eigenvalue weighted by Crippen LogP contribution is -2.56. The van der Waals surface area contributed by atoms with E-state index in [2.05, 4.69) is 31.4 Å². The normalized spacial score (nSPS) is 14.7. The van der Waals surface area contributed by atoms with Crippen LogP contribution in [0.1, 0.15) is 68.7 Å². The van der Waals surface area contributed by atoms with Gasteiger partial charge in [-0.1, -0.05) is 34.6 Å². The Morgan fingerprint density at radius 3 is 1.65 bits per heavy atom. The standard InChI is InChI=1S/C20H41N3O3/c1-17(2,3)13-18(4,5)15(24)22-11-14(26-10)12-23-16(25)19(6,7)20(8,9)21/h14H,11-13,21H2,1-10H3,(H,22,24)(H,23,25). The highest BCUT2D eigenvalue weighted by molar-refractivity contribution is 5.83. The molecule has 0 aliphatic rings. The zero-order valence-electron chi connectivity index (χ0n) is 18.5. The fourth-order valence-electron chi connectivity index (χ4n) is 2.81. The molecule has 0 bridgehead atoms. The Morgan fingerprint density at radius 2 is 1.31 bits per heavy atom. The second-order valence-electron chi connectivity index (χ2n) is 10.2. The van der Waals surface area contributed by atoms with Gasteiger partial charge in [-0.05, 0) is 39.5 Å². The van der Waals surface area contributed by atoms with Crippen LogP contribution < -0.4 is 16.4 Å². The number of hydrogen-bond donors (Lipinski definition) is 3. The number of nitrogens with two attached hydrogens (primary N) is 1. The molecule has 4 N–H and O–H groups in total. The van der Waals surface area contributed by atoms with Crippen LogP contribution in [0.3, 0.4) is 0 Å². The van der Waals surface area contributed by atoms with Gasteiger partial charge in [0, 0.05) is 31.2 Å². The second kappa shape index (κ2) is 8.70. The lowest BCUT2D eigenvalue weighted by atomic mass is 9.74. The van der Waals surface area contributed by atoms with E-state index >= 15 is 0 Å². The smallest absolute Gasteiger partial charge is 0.227 e. The molecule has 0 aliphatic heterocycles. The van der Waals surface area contributed by atoms with Gasteiger partial charge < -0.3 is 21.1 Å². The van der Waals surface area contributed by atoms with Crippen LogP contribution in [-0.4, -0.2) is 43.7 Å². The minimum Gasteiger partial charge on any atom is -0.378 e. The molecule has 6 nitrogen and oxygen atoms in total. The van der Waals surface area contributed by atoms with Crippen LogP contribution in [0.4, 0.5) is 0 Å². The maximum absolute atomic E-state index is 12.5. The fraction of sp³-hybridized carbons (Fsp3) is 0.900. The predicted molar refractivity (Wildman–Crippen MR) is 107 cm³/mol. The number of ether oxygens (including phenoxy) is 1.